The maximum absolute atomic E-state index is 12.1. The maximum Gasteiger partial charge on any atom is 0.338 e. The summed E-state index contributed by atoms with van der Waals surface area (Å²) in [5, 5.41) is 2.77. The van der Waals surface area contributed by atoms with Crippen LogP contribution in [0.5, 0.6) is 5.75 Å². The van der Waals surface area contributed by atoms with Crippen molar-refractivity contribution in [2.24, 2.45) is 0 Å². The second kappa shape index (κ2) is 8.87. The van der Waals surface area contributed by atoms with Crippen LogP contribution in [0.25, 0.3) is 0 Å². The Morgan fingerprint density at radius 3 is 2.40 bits per heavy atom. The van der Waals surface area contributed by atoms with Gasteiger partial charge in [-0.05, 0) is 55.7 Å². The van der Waals surface area contributed by atoms with E-state index >= 15 is 0 Å². The normalized spacial score (nSPS) is 10.2. The largest absolute Gasteiger partial charge is 0.484 e. The first kappa shape index (κ1) is 18.5. The van der Waals surface area contributed by atoms with E-state index in [-0.39, 0.29) is 12.5 Å². The molecule has 5 heteroatoms. The van der Waals surface area contributed by atoms with Gasteiger partial charge >= 0.3 is 5.97 Å². The first-order valence-electron chi connectivity index (χ1n) is 8.33. The molecule has 2 rings (SSSR count). The molecule has 0 unspecified atom stereocenters. The van der Waals surface area contributed by atoms with Crippen LogP contribution in [0, 0.1) is 6.92 Å². The molecule has 0 aliphatic rings. The van der Waals surface area contributed by atoms with Crippen LogP contribution in [0.4, 0.5) is 5.69 Å². The average Bonchev–Trinajstić information content (AvgIpc) is 2.62. The Morgan fingerprint density at radius 1 is 1.04 bits per heavy atom. The fourth-order valence-corrected chi connectivity index (χ4v) is 2.36. The van der Waals surface area contributed by atoms with Crippen LogP contribution in [-0.2, 0) is 16.0 Å². The molecule has 0 atom stereocenters. The van der Waals surface area contributed by atoms with E-state index in [9.17, 15) is 9.59 Å². The summed E-state index contributed by atoms with van der Waals surface area (Å²) >= 11 is 0. The summed E-state index contributed by atoms with van der Waals surface area (Å²) in [5.74, 6) is -0.0450. The molecule has 5 nitrogen and oxygen atoms in total. The predicted octanol–water partition coefficient (Wildman–Crippen LogP) is 3.75. The molecule has 1 N–H and O–H groups in total. The van der Waals surface area contributed by atoms with E-state index in [1.165, 1.54) is 5.56 Å². The van der Waals surface area contributed by atoms with Gasteiger partial charge in [0.2, 0.25) is 0 Å². The number of rotatable bonds is 7. The summed E-state index contributed by atoms with van der Waals surface area (Å²) in [6.45, 7) is 5.81. The average molecular weight is 341 g/mol. The van der Waals surface area contributed by atoms with Crippen molar-refractivity contribution in [1.29, 1.82) is 0 Å². The SMILES string of the molecule is CCOC(=O)c1cccc(NC(=O)COc2ccc(CC)cc2)c1C. The Bertz CT molecular complexity index is 738. The molecule has 0 aromatic heterocycles. The molecular weight excluding hydrogens is 318 g/mol. The first-order chi connectivity index (χ1) is 12.0. The smallest absolute Gasteiger partial charge is 0.338 e. The monoisotopic (exact) mass is 341 g/mol. The summed E-state index contributed by atoms with van der Waals surface area (Å²) in [7, 11) is 0. The number of anilines is 1. The molecule has 0 fully saturated rings. The molecule has 132 valence electrons. The number of esters is 1. The summed E-state index contributed by atoms with van der Waals surface area (Å²) in [6.07, 6.45) is 0.955. The van der Waals surface area contributed by atoms with Gasteiger partial charge in [0, 0.05) is 5.69 Å². The third-order valence-electron chi connectivity index (χ3n) is 3.80. The minimum Gasteiger partial charge on any atom is -0.484 e. The molecule has 0 bridgehead atoms. The quantitative estimate of drug-likeness (QED) is 0.779. The molecule has 0 radical (unpaired) electrons. The van der Waals surface area contributed by atoms with Crippen molar-refractivity contribution >= 4 is 17.6 Å². The molecule has 0 heterocycles. The topological polar surface area (TPSA) is 64.6 Å². The first-order valence-corrected chi connectivity index (χ1v) is 8.33. The van der Waals surface area contributed by atoms with Crippen LogP contribution in [-0.4, -0.2) is 25.1 Å². The van der Waals surface area contributed by atoms with Crippen molar-refractivity contribution in [3.63, 3.8) is 0 Å². The number of hydrogen-bond acceptors (Lipinski definition) is 4. The Kier molecular flexibility index (Phi) is 6.57. The Hall–Kier alpha value is -2.82. The van der Waals surface area contributed by atoms with E-state index in [1.54, 1.807) is 32.0 Å². The number of benzene rings is 2. The fraction of sp³-hybridized carbons (Fsp3) is 0.300. The Morgan fingerprint density at radius 2 is 1.76 bits per heavy atom. The lowest BCUT2D eigenvalue weighted by atomic mass is 10.1. The van der Waals surface area contributed by atoms with E-state index in [0.29, 0.717) is 29.2 Å². The maximum atomic E-state index is 12.1. The van der Waals surface area contributed by atoms with E-state index in [0.717, 1.165) is 6.42 Å². The second-order valence-corrected chi connectivity index (χ2v) is 5.53. The van der Waals surface area contributed by atoms with E-state index in [2.05, 4.69) is 12.2 Å². The van der Waals surface area contributed by atoms with Crippen LogP contribution in [0.2, 0.25) is 0 Å². The molecular formula is C20H23NO4. The zero-order valence-electron chi connectivity index (χ0n) is 14.8. The lowest BCUT2D eigenvalue weighted by molar-refractivity contribution is -0.118. The summed E-state index contributed by atoms with van der Waals surface area (Å²) < 4.78 is 10.5. The van der Waals surface area contributed by atoms with Gasteiger partial charge in [-0.3, -0.25) is 4.79 Å². The summed E-state index contributed by atoms with van der Waals surface area (Å²) in [5.41, 5.74) is 2.89. The van der Waals surface area contributed by atoms with Gasteiger partial charge in [-0.15, -0.1) is 0 Å². The van der Waals surface area contributed by atoms with E-state index < -0.39 is 5.97 Å². The predicted molar refractivity (Wildman–Crippen MR) is 97.1 cm³/mol. The summed E-state index contributed by atoms with van der Waals surface area (Å²) in [4.78, 5) is 24.0. The number of carbonyl (C=O) groups is 2. The van der Waals surface area contributed by atoms with Crippen LogP contribution >= 0.6 is 0 Å². The van der Waals surface area contributed by atoms with Crippen LogP contribution < -0.4 is 10.1 Å². The molecule has 2 aromatic carbocycles. The van der Waals surface area contributed by atoms with Crippen molar-refractivity contribution in [2.45, 2.75) is 27.2 Å². The molecule has 2 aromatic rings. The zero-order valence-corrected chi connectivity index (χ0v) is 14.8. The second-order valence-electron chi connectivity index (χ2n) is 5.53. The molecule has 0 spiro atoms. The van der Waals surface area contributed by atoms with Crippen LogP contribution in [0.15, 0.2) is 42.5 Å². The van der Waals surface area contributed by atoms with E-state index in [1.807, 2.05) is 24.3 Å². The third-order valence-corrected chi connectivity index (χ3v) is 3.80. The molecule has 25 heavy (non-hydrogen) atoms. The lowest BCUT2D eigenvalue weighted by Crippen LogP contribution is -2.21. The zero-order chi connectivity index (χ0) is 18.2. The highest BCUT2D eigenvalue weighted by Crippen LogP contribution is 2.20. The van der Waals surface area contributed by atoms with Gasteiger partial charge in [-0.2, -0.15) is 0 Å². The highest BCUT2D eigenvalue weighted by Gasteiger charge is 2.14. The molecule has 0 aliphatic carbocycles. The number of carbonyl (C=O) groups excluding carboxylic acids is 2. The van der Waals surface area contributed by atoms with Crippen molar-refractivity contribution < 1.29 is 19.1 Å². The molecule has 0 aliphatic heterocycles. The fourth-order valence-electron chi connectivity index (χ4n) is 2.36. The number of ether oxygens (including phenoxy) is 2. The third kappa shape index (κ3) is 5.08. The van der Waals surface area contributed by atoms with Gasteiger partial charge in [0.05, 0.1) is 12.2 Å². The molecule has 1 amide bonds. The van der Waals surface area contributed by atoms with Crippen LogP contribution in [0.3, 0.4) is 0 Å². The minimum absolute atomic E-state index is 0.103. The number of aryl methyl sites for hydroxylation is 1. The van der Waals surface area contributed by atoms with Gasteiger partial charge in [0.1, 0.15) is 5.75 Å². The van der Waals surface area contributed by atoms with E-state index in [4.69, 9.17) is 9.47 Å². The Balaban J connectivity index is 1.97. The molecule has 0 saturated heterocycles. The number of amides is 1. The number of hydrogen-bond donors (Lipinski definition) is 1. The number of nitrogens with one attached hydrogen (secondary N) is 1. The van der Waals surface area contributed by atoms with Crippen molar-refractivity contribution in [1.82, 2.24) is 0 Å². The lowest BCUT2D eigenvalue weighted by Gasteiger charge is -2.12. The minimum atomic E-state index is -0.400. The highest BCUT2D eigenvalue weighted by atomic mass is 16.5. The van der Waals surface area contributed by atoms with Gasteiger partial charge in [0.15, 0.2) is 6.61 Å². The van der Waals surface area contributed by atoms with Crippen molar-refractivity contribution in [3.8, 4) is 5.75 Å². The van der Waals surface area contributed by atoms with Gasteiger partial charge < -0.3 is 14.8 Å². The molecule has 0 saturated carbocycles. The van der Waals surface area contributed by atoms with Gasteiger partial charge in [0.25, 0.3) is 5.91 Å². The van der Waals surface area contributed by atoms with Gasteiger partial charge in [-0.25, -0.2) is 4.79 Å². The summed E-state index contributed by atoms with van der Waals surface area (Å²) in [6, 6.07) is 12.8. The van der Waals surface area contributed by atoms with Crippen molar-refractivity contribution in [2.75, 3.05) is 18.5 Å². The standard InChI is InChI=1S/C20H23NO4/c1-4-15-9-11-16(12-10-15)25-13-19(22)21-18-8-6-7-17(14(18)3)20(23)24-5-2/h6-12H,4-5,13H2,1-3H3,(H,21,22). The highest BCUT2D eigenvalue weighted by molar-refractivity contribution is 5.97. The van der Waals surface area contributed by atoms with Crippen molar-refractivity contribution in [3.05, 3.63) is 59.2 Å². The van der Waals surface area contributed by atoms with Crippen LogP contribution in [0.1, 0.15) is 35.3 Å². The van der Waals surface area contributed by atoms with Gasteiger partial charge in [-0.1, -0.05) is 25.1 Å². The Labute approximate surface area is 148 Å².